The minimum atomic E-state index is -4.47. The van der Waals surface area contributed by atoms with E-state index in [9.17, 15) is 21.6 Å². The molecule has 0 radical (unpaired) electrons. The summed E-state index contributed by atoms with van der Waals surface area (Å²) < 4.78 is 74.6. The molecule has 1 aromatic carbocycles. The molecule has 1 aliphatic rings. The first-order valence-electron chi connectivity index (χ1n) is 7.96. The molecule has 0 bridgehead atoms. The van der Waals surface area contributed by atoms with Crippen molar-refractivity contribution < 1.29 is 31.1 Å². The van der Waals surface area contributed by atoms with Crippen LogP contribution in [0.1, 0.15) is 11.1 Å². The average Bonchev–Trinajstić information content (AvgIpc) is 2.57. The quantitative estimate of drug-likeness (QED) is 0.769. The molecule has 1 aliphatic heterocycles. The monoisotopic (exact) mass is 402 g/mol. The summed E-state index contributed by atoms with van der Waals surface area (Å²) in [5.74, 6) is 0.609. The maximum atomic E-state index is 12.6. The van der Waals surface area contributed by atoms with Crippen LogP contribution in [0.4, 0.5) is 13.2 Å². The third-order valence-electron chi connectivity index (χ3n) is 4.17. The van der Waals surface area contributed by atoms with E-state index in [-0.39, 0.29) is 23.9 Å². The van der Waals surface area contributed by atoms with Gasteiger partial charge in [0.1, 0.15) is 11.9 Å². The second kappa shape index (κ2) is 7.01. The molecule has 0 saturated carbocycles. The number of alkyl halides is 3. The van der Waals surface area contributed by atoms with Crippen LogP contribution in [-0.2, 0) is 16.2 Å². The van der Waals surface area contributed by atoms with E-state index in [1.807, 2.05) is 0 Å². The van der Waals surface area contributed by atoms with Crippen LogP contribution in [0.15, 0.2) is 41.4 Å². The molecule has 146 valence electrons. The maximum Gasteiger partial charge on any atom is 0.417 e. The van der Waals surface area contributed by atoms with Crippen molar-refractivity contribution >= 4 is 10.0 Å². The number of pyridine rings is 1. The first-order valence-corrected chi connectivity index (χ1v) is 9.40. The zero-order chi connectivity index (χ0) is 19.8. The van der Waals surface area contributed by atoms with Gasteiger partial charge in [0.15, 0.2) is 0 Å². The number of hydrogen-bond donors (Lipinski definition) is 0. The summed E-state index contributed by atoms with van der Waals surface area (Å²) in [6.07, 6.45) is -4.25. The molecule has 0 unspecified atom stereocenters. The topological polar surface area (TPSA) is 68.7 Å². The predicted molar refractivity (Wildman–Crippen MR) is 90.1 cm³/mol. The third-order valence-corrected chi connectivity index (χ3v) is 6.00. The molecule has 1 fully saturated rings. The Hall–Kier alpha value is -2.33. The zero-order valence-corrected chi connectivity index (χ0v) is 15.3. The molecule has 2 heterocycles. The molecule has 27 heavy (non-hydrogen) atoms. The van der Waals surface area contributed by atoms with Gasteiger partial charge in [-0.15, -0.1) is 0 Å². The Morgan fingerprint density at radius 3 is 2.41 bits per heavy atom. The van der Waals surface area contributed by atoms with E-state index >= 15 is 0 Å². The number of ether oxygens (including phenoxy) is 2. The fourth-order valence-corrected chi connectivity index (χ4v) is 4.21. The third kappa shape index (κ3) is 4.01. The van der Waals surface area contributed by atoms with Crippen molar-refractivity contribution in [2.75, 3.05) is 20.2 Å². The molecule has 6 nitrogen and oxygen atoms in total. The van der Waals surface area contributed by atoms with Crippen molar-refractivity contribution in [3.05, 3.63) is 47.7 Å². The molecule has 0 atom stereocenters. The Morgan fingerprint density at radius 2 is 1.89 bits per heavy atom. The Labute approximate surface area is 154 Å². The van der Waals surface area contributed by atoms with Crippen LogP contribution in [0.5, 0.6) is 11.6 Å². The van der Waals surface area contributed by atoms with Crippen LogP contribution in [-0.4, -0.2) is 44.0 Å². The van der Waals surface area contributed by atoms with E-state index in [0.717, 1.165) is 12.1 Å². The molecule has 3 rings (SSSR count). The largest absolute Gasteiger partial charge is 0.496 e. The van der Waals surface area contributed by atoms with Gasteiger partial charge in [0.25, 0.3) is 0 Å². The average molecular weight is 402 g/mol. The second-order valence-electron chi connectivity index (χ2n) is 6.08. The highest BCUT2D eigenvalue weighted by Gasteiger charge is 2.38. The number of hydrogen-bond acceptors (Lipinski definition) is 5. The van der Waals surface area contributed by atoms with Gasteiger partial charge >= 0.3 is 6.18 Å². The Balaban J connectivity index is 1.62. The van der Waals surface area contributed by atoms with Gasteiger partial charge in [-0.25, -0.2) is 13.4 Å². The highest BCUT2D eigenvalue weighted by Crippen LogP contribution is 2.30. The van der Waals surface area contributed by atoms with Crippen LogP contribution < -0.4 is 9.47 Å². The van der Waals surface area contributed by atoms with Crippen molar-refractivity contribution in [1.29, 1.82) is 0 Å². The summed E-state index contributed by atoms with van der Waals surface area (Å²) >= 11 is 0. The summed E-state index contributed by atoms with van der Waals surface area (Å²) in [4.78, 5) is 3.76. The van der Waals surface area contributed by atoms with Crippen LogP contribution in [0, 0.1) is 6.92 Å². The van der Waals surface area contributed by atoms with Crippen LogP contribution in [0.25, 0.3) is 0 Å². The van der Waals surface area contributed by atoms with Gasteiger partial charge < -0.3 is 9.47 Å². The Kier molecular flexibility index (Phi) is 5.04. The van der Waals surface area contributed by atoms with Crippen molar-refractivity contribution in [2.45, 2.75) is 24.1 Å². The number of nitrogens with zero attached hydrogens (tertiary/aromatic N) is 2. The van der Waals surface area contributed by atoms with Crippen molar-refractivity contribution in [3.63, 3.8) is 0 Å². The minimum Gasteiger partial charge on any atom is -0.496 e. The normalized spacial score (nSPS) is 16.0. The Bertz CT molecular complexity index is 924. The number of aryl methyl sites for hydroxylation is 1. The van der Waals surface area contributed by atoms with E-state index < -0.39 is 27.9 Å². The molecular formula is C17H17F3N2O4S. The van der Waals surface area contributed by atoms with Crippen molar-refractivity contribution in [1.82, 2.24) is 9.29 Å². The number of methoxy groups -OCH3 is 1. The van der Waals surface area contributed by atoms with E-state index in [2.05, 4.69) is 4.98 Å². The highest BCUT2D eigenvalue weighted by atomic mass is 32.2. The molecule has 1 saturated heterocycles. The molecule has 0 N–H and O–H groups in total. The van der Waals surface area contributed by atoms with Gasteiger partial charge in [-0.2, -0.15) is 17.5 Å². The van der Waals surface area contributed by atoms with Crippen LogP contribution in [0.3, 0.4) is 0 Å². The minimum absolute atomic E-state index is 0.0188. The smallest absolute Gasteiger partial charge is 0.417 e. The van der Waals surface area contributed by atoms with Crippen molar-refractivity contribution in [2.24, 2.45) is 0 Å². The Morgan fingerprint density at radius 1 is 1.19 bits per heavy atom. The van der Waals surface area contributed by atoms with Crippen LogP contribution >= 0.6 is 0 Å². The highest BCUT2D eigenvalue weighted by molar-refractivity contribution is 7.89. The fourth-order valence-electron chi connectivity index (χ4n) is 2.62. The first kappa shape index (κ1) is 19.4. The van der Waals surface area contributed by atoms with E-state index in [0.29, 0.717) is 17.5 Å². The number of rotatable bonds is 5. The lowest BCUT2D eigenvalue weighted by atomic mass is 10.2. The number of halogens is 3. The lowest BCUT2D eigenvalue weighted by Gasteiger charge is -2.37. The zero-order valence-electron chi connectivity index (χ0n) is 14.5. The van der Waals surface area contributed by atoms with Gasteiger partial charge in [-0.05, 0) is 36.8 Å². The lowest BCUT2D eigenvalue weighted by Crippen LogP contribution is -2.56. The van der Waals surface area contributed by atoms with Gasteiger partial charge in [0.05, 0.1) is 30.7 Å². The van der Waals surface area contributed by atoms with Gasteiger partial charge in [0, 0.05) is 12.3 Å². The summed E-state index contributed by atoms with van der Waals surface area (Å²) in [6, 6.07) is 6.57. The summed E-state index contributed by atoms with van der Waals surface area (Å²) in [5.41, 5.74) is -0.177. The SMILES string of the molecule is COc1ccc(S(=O)(=O)N2CC(Oc3ccc(C(F)(F)F)cn3)C2)cc1C. The maximum absolute atomic E-state index is 12.6. The molecule has 0 aliphatic carbocycles. The number of benzene rings is 1. The standard InChI is InChI=1S/C17H17F3N2O4S/c1-11-7-14(4-5-15(11)25-2)27(23,24)22-9-13(10-22)26-16-6-3-12(8-21-16)17(18,19)20/h3-8,13H,9-10H2,1-2H3. The van der Waals surface area contributed by atoms with Gasteiger partial charge in [0.2, 0.25) is 15.9 Å². The summed E-state index contributed by atoms with van der Waals surface area (Å²) in [7, 11) is -2.17. The summed E-state index contributed by atoms with van der Waals surface area (Å²) in [6.45, 7) is 1.93. The fraction of sp³-hybridized carbons (Fsp3) is 0.353. The lowest BCUT2D eigenvalue weighted by molar-refractivity contribution is -0.137. The molecule has 0 amide bonds. The van der Waals surface area contributed by atoms with E-state index in [1.54, 1.807) is 13.0 Å². The predicted octanol–water partition coefficient (Wildman–Crippen LogP) is 2.87. The number of sulfonamides is 1. The molecule has 1 aromatic heterocycles. The van der Waals surface area contributed by atoms with Crippen LogP contribution in [0.2, 0.25) is 0 Å². The van der Waals surface area contributed by atoms with E-state index in [4.69, 9.17) is 9.47 Å². The number of aromatic nitrogens is 1. The second-order valence-corrected chi connectivity index (χ2v) is 8.01. The first-order chi connectivity index (χ1) is 12.6. The summed E-state index contributed by atoms with van der Waals surface area (Å²) in [5, 5.41) is 0. The molecule has 0 spiro atoms. The molecular weight excluding hydrogens is 385 g/mol. The van der Waals surface area contributed by atoms with Gasteiger partial charge in [-0.1, -0.05) is 0 Å². The van der Waals surface area contributed by atoms with Crippen molar-refractivity contribution in [3.8, 4) is 11.6 Å². The van der Waals surface area contributed by atoms with Gasteiger partial charge in [-0.3, -0.25) is 0 Å². The molecule has 2 aromatic rings. The molecule has 10 heteroatoms. The van der Waals surface area contributed by atoms with E-state index in [1.165, 1.54) is 23.5 Å².